The van der Waals surface area contributed by atoms with Crippen LogP contribution in [0.15, 0.2) is 16.7 Å². The summed E-state index contributed by atoms with van der Waals surface area (Å²) in [6.07, 6.45) is 8.24. The summed E-state index contributed by atoms with van der Waals surface area (Å²) in [5.41, 5.74) is 0.950. The van der Waals surface area contributed by atoms with E-state index >= 15 is 0 Å². The zero-order chi connectivity index (χ0) is 13.8. The number of halogens is 2. The van der Waals surface area contributed by atoms with E-state index in [0.29, 0.717) is 11.2 Å². The molecular weight excluding hydrogens is 324 g/mol. The molecular formula is C15H22BrClN2. The van der Waals surface area contributed by atoms with Crippen molar-refractivity contribution in [1.29, 1.82) is 0 Å². The zero-order valence-corrected chi connectivity index (χ0v) is 14.0. The lowest BCUT2D eigenvalue weighted by Gasteiger charge is -2.31. The number of nitrogens with one attached hydrogen (secondary N) is 1. The van der Waals surface area contributed by atoms with Crippen molar-refractivity contribution < 1.29 is 0 Å². The molecule has 0 bridgehead atoms. The summed E-state index contributed by atoms with van der Waals surface area (Å²) in [4.78, 5) is 4.17. The van der Waals surface area contributed by atoms with E-state index in [0.717, 1.165) is 22.0 Å². The van der Waals surface area contributed by atoms with Crippen LogP contribution in [0.3, 0.4) is 0 Å². The van der Waals surface area contributed by atoms with Gasteiger partial charge in [0.1, 0.15) is 0 Å². The van der Waals surface area contributed by atoms with Gasteiger partial charge >= 0.3 is 0 Å². The van der Waals surface area contributed by atoms with Gasteiger partial charge in [0.2, 0.25) is 0 Å². The molecule has 106 valence electrons. The fraction of sp³-hybridized carbons (Fsp3) is 0.667. The molecule has 1 saturated carbocycles. The van der Waals surface area contributed by atoms with E-state index in [-0.39, 0.29) is 0 Å². The molecule has 1 aromatic rings. The number of rotatable bonds is 4. The van der Waals surface area contributed by atoms with E-state index < -0.39 is 0 Å². The van der Waals surface area contributed by atoms with Crippen LogP contribution in [0.25, 0.3) is 0 Å². The van der Waals surface area contributed by atoms with Gasteiger partial charge in [0.25, 0.3) is 0 Å². The Balaban J connectivity index is 1.96. The molecule has 1 aliphatic rings. The molecule has 2 rings (SSSR count). The molecule has 4 heteroatoms. The number of pyridine rings is 1. The van der Waals surface area contributed by atoms with Gasteiger partial charge in [-0.2, -0.15) is 0 Å². The van der Waals surface area contributed by atoms with Crippen molar-refractivity contribution in [1.82, 2.24) is 4.98 Å². The van der Waals surface area contributed by atoms with Crippen molar-refractivity contribution in [2.24, 2.45) is 11.8 Å². The Kier molecular flexibility index (Phi) is 5.52. The molecule has 0 aromatic carbocycles. The van der Waals surface area contributed by atoms with E-state index in [4.69, 9.17) is 11.6 Å². The van der Waals surface area contributed by atoms with Crippen LogP contribution in [-0.4, -0.2) is 11.0 Å². The molecule has 0 aliphatic heterocycles. The van der Waals surface area contributed by atoms with Crippen LogP contribution in [-0.2, 0) is 0 Å². The molecule has 2 atom stereocenters. The van der Waals surface area contributed by atoms with Gasteiger partial charge in [-0.3, -0.25) is 0 Å². The van der Waals surface area contributed by atoms with E-state index in [9.17, 15) is 0 Å². The zero-order valence-electron chi connectivity index (χ0n) is 11.6. The Morgan fingerprint density at radius 1 is 1.47 bits per heavy atom. The molecule has 1 fully saturated rings. The maximum atomic E-state index is 6.14. The minimum atomic E-state index is 0.533. The Morgan fingerprint density at radius 2 is 2.26 bits per heavy atom. The molecule has 1 aromatic heterocycles. The molecule has 1 N–H and O–H groups in total. The van der Waals surface area contributed by atoms with Gasteiger partial charge in [-0.25, -0.2) is 4.98 Å². The standard InChI is InChI=1S/C15H22BrClN2/c1-10(2)6-11-4-3-5-13(7-11)19-14-8-12(16)9-18-15(14)17/h8-11,13,19H,3-7H2,1-2H3. The molecule has 2 unspecified atom stereocenters. The molecule has 0 saturated heterocycles. The third-order valence-corrected chi connectivity index (χ3v) is 4.49. The average molecular weight is 346 g/mol. The maximum Gasteiger partial charge on any atom is 0.152 e. The van der Waals surface area contributed by atoms with E-state index in [1.807, 2.05) is 6.07 Å². The van der Waals surface area contributed by atoms with Crippen molar-refractivity contribution in [2.45, 2.75) is 52.0 Å². The van der Waals surface area contributed by atoms with Crippen molar-refractivity contribution >= 4 is 33.2 Å². The monoisotopic (exact) mass is 344 g/mol. The summed E-state index contributed by atoms with van der Waals surface area (Å²) in [7, 11) is 0. The van der Waals surface area contributed by atoms with Gasteiger partial charge in [0.05, 0.1) is 5.69 Å². The van der Waals surface area contributed by atoms with Crippen LogP contribution in [0.5, 0.6) is 0 Å². The molecule has 0 spiro atoms. The van der Waals surface area contributed by atoms with Crippen molar-refractivity contribution in [3.05, 3.63) is 21.9 Å². The molecule has 19 heavy (non-hydrogen) atoms. The highest BCUT2D eigenvalue weighted by atomic mass is 79.9. The third-order valence-electron chi connectivity index (χ3n) is 3.75. The van der Waals surface area contributed by atoms with Gasteiger partial charge in [0, 0.05) is 16.7 Å². The van der Waals surface area contributed by atoms with Gasteiger partial charge in [0.15, 0.2) is 5.15 Å². The predicted octanol–water partition coefficient (Wildman–Crippen LogP) is 5.51. The topological polar surface area (TPSA) is 24.9 Å². The van der Waals surface area contributed by atoms with Crippen molar-refractivity contribution in [3.8, 4) is 0 Å². The number of aromatic nitrogens is 1. The number of nitrogens with zero attached hydrogens (tertiary/aromatic N) is 1. The smallest absolute Gasteiger partial charge is 0.152 e. The average Bonchev–Trinajstić information content (AvgIpc) is 2.33. The van der Waals surface area contributed by atoms with Crippen LogP contribution in [0.2, 0.25) is 5.15 Å². The summed E-state index contributed by atoms with van der Waals surface area (Å²) >= 11 is 9.59. The summed E-state index contributed by atoms with van der Waals surface area (Å²) in [5, 5.41) is 4.13. The summed E-state index contributed by atoms with van der Waals surface area (Å²) in [6.45, 7) is 4.62. The largest absolute Gasteiger partial charge is 0.380 e. The highest BCUT2D eigenvalue weighted by Crippen LogP contribution is 2.32. The summed E-state index contributed by atoms with van der Waals surface area (Å²) in [6, 6.07) is 2.55. The Labute approximate surface area is 129 Å². The number of anilines is 1. The highest BCUT2D eigenvalue weighted by molar-refractivity contribution is 9.10. The van der Waals surface area contributed by atoms with E-state index in [1.54, 1.807) is 6.20 Å². The predicted molar refractivity (Wildman–Crippen MR) is 85.8 cm³/mol. The van der Waals surface area contributed by atoms with Crippen molar-refractivity contribution in [2.75, 3.05) is 5.32 Å². The van der Waals surface area contributed by atoms with Crippen molar-refractivity contribution in [3.63, 3.8) is 0 Å². The Morgan fingerprint density at radius 3 is 3.00 bits per heavy atom. The van der Waals surface area contributed by atoms with Crippen LogP contribution < -0.4 is 5.32 Å². The fourth-order valence-electron chi connectivity index (χ4n) is 3.05. The first-order valence-electron chi connectivity index (χ1n) is 7.12. The van der Waals surface area contributed by atoms with Crippen LogP contribution in [0, 0.1) is 11.8 Å². The lowest BCUT2D eigenvalue weighted by molar-refractivity contribution is 0.289. The minimum absolute atomic E-state index is 0.533. The summed E-state index contributed by atoms with van der Waals surface area (Å²) < 4.78 is 0.967. The number of hydrogen-bond donors (Lipinski definition) is 1. The van der Waals surface area contributed by atoms with Gasteiger partial charge in [-0.15, -0.1) is 0 Å². The second kappa shape index (κ2) is 6.94. The van der Waals surface area contributed by atoms with Gasteiger partial charge in [-0.05, 0) is 53.1 Å². The molecule has 0 amide bonds. The lowest BCUT2D eigenvalue weighted by atomic mass is 9.81. The first-order valence-corrected chi connectivity index (χ1v) is 8.29. The van der Waals surface area contributed by atoms with Gasteiger partial charge in [-0.1, -0.05) is 38.3 Å². The van der Waals surface area contributed by atoms with Crippen LogP contribution >= 0.6 is 27.5 Å². The van der Waals surface area contributed by atoms with Crippen LogP contribution in [0.4, 0.5) is 5.69 Å². The first-order chi connectivity index (χ1) is 9.04. The normalized spacial score (nSPS) is 23.6. The first kappa shape index (κ1) is 15.1. The lowest BCUT2D eigenvalue weighted by Crippen LogP contribution is -2.28. The van der Waals surface area contributed by atoms with E-state index in [1.165, 1.54) is 32.1 Å². The number of hydrogen-bond acceptors (Lipinski definition) is 2. The SMILES string of the molecule is CC(C)CC1CCCC(Nc2cc(Br)cnc2Cl)C1. The molecule has 1 heterocycles. The highest BCUT2D eigenvalue weighted by Gasteiger charge is 2.23. The molecule has 2 nitrogen and oxygen atoms in total. The Bertz CT molecular complexity index is 423. The molecule has 0 radical (unpaired) electrons. The second-order valence-corrected chi connectivity index (χ2v) is 7.27. The van der Waals surface area contributed by atoms with Crippen LogP contribution in [0.1, 0.15) is 46.0 Å². The van der Waals surface area contributed by atoms with Gasteiger partial charge < -0.3 is 5.32 Å². The quantitative estimate of drug-likeness (QED) is 0.727. The second-order valence-electron chi connectivity index (χ2n) is 6.00. The Hall–Kier alpha value is -0.280. The van der Waals surface area contributed by atoms with E-state index in [2.05, 4.69) is 40.1 Å². The fourth-order valence-corrected chi connectivity index (χ4v) is 3.54. The maximum absolute atomic E-state index is 6.14. The summed E-state index contributed by atoms with van der Waals surface area (Å²) in [5.74, 6) is 1.64. The minimum Gasteiger partial charge on any atom is -0.380 e. The molecule has 1 aliphatic carbocycles. The third kappa shape index (κ3) is 4.64.